The third-order valence-corrected chi connectivity index (χ3v) is 5.54. The van der Waals surface area contributed by atoms with Gasteiger partial charge in [0.2, 0.25) is 6.29 Å². The quantitative estimate of drug-likeness (QED) is 0.438. The lowest BCUT2D eigenvalue weighted by atomic mass is 9.56. The Morgan fingerprint density at radius 3 is 2.95 bits per heavy atom. The van der Waals surface area contributed by atoms with E-state index in [9.17, 15) is 0 Å². The topological polar surface area (TPSA) is 49.5 Å². The molecule has 3 aliphatic heterocycles. The highest BCUT2D eigenvalue weighted by Crippen LogP contribution is 2.66. The molecule has 4 aliphatic rings. The van der Waals surface area contributed by atoms with Gasteiger partial charge in [-0.25, -0.2) is 0 Å². The van der Waals surface area contributed by atoms with Crippen molar-refractivity contribution < 1.29 is 23.7 Å². The van der Waals surface area contributed by atoms with Gasteiger partial charge in [-0.05, 0) is 18.9 Å². The molecule has 4 atom stereocenters. The molecule has 1 aliphatic carbocycles. The second kappa shape index (κ2) is 4.44. The minimum atomic E-state index is -0.223. The van der Waals surface area contributed by atoms with Crippen LogP contribution in [0, 0.1) is 5.41 Å². The largest absolute Gasteiger partial charge is 0.473 e. The molecule has 0 aromatic rings. The monoisotopic (exact) mass is 282 g/mol. The highest BCUT2D eigenvalue weighted by atomic mass is 16.7. The molecule has 3 heterocycles. The molecule has 5 nitrogen and oxygen atoms in total. The van der Waals surface area contributed by atoms with Gasteiger partial charge in [0.15, 0.2) is 0 Å². The number of fused-ring (bicyclic) bond motifs is 1. The zero-order valence-electron chi connectivity index (χ0n) is 11.9. The summed E-state index contributed by atoms with van der Waals surface area (Å²) >= 11 is 0. The van der Waals surface area contributed by atoms with Crippen LogP contribution in [-0.4, -0.2) is 44.6 Å². The van der Waals surface area contributed by atoms with Gasteiger partial charge in [-0.2, -0.15) is 0 Å². The molecule has 2 unspecified atom stereocenters. The number of rotatable bonds is 5. The first-order valence-electron chi connectivity index (χ1n) is 7.48. The maximum Gasteiger partial charge on any atom is 0.200 e. The standard InChI is InChI=1S/C15H22O5/c1-16-11-17-9-15(10-19-15)13-4-2-3-5-14(13)6-7-18-12(8-13)20-14/h6-7,12H,2-5,8-11H2,1H3/t12-,13?,14-,15?/m1/s1. The third-order valence-electron chi connectivity index (χ3n) is 5.54. The first-order valence-corrected chi connectivity index (χ1v) is 7.48. The van der Waals surface area contributed by atoms with Crippen molar-refractivity contribution in [3.63, 3.8) is 0 Å². The molecular weight excluding hydrogens is 260 g/mol. The number of ether oxygens (including phenoxy) is 5. The molecule has 0 aromatic heterocycles. The Labute approximate surface area is 119 Å². The van der Waals surface area contributed by atoms with E-state index in [1.54, 1.807) is 7.11 Å². The second-order valence-corrected chi connectivity index (χ2v) is 6.41. The molecule has 0 aromatic carbocycles. The summed E-state index contributed by atoms with van der Waals surface area (Å²) in [6.45, 7) is 1.64. The summed E-state index contributed by atoms with van der Waals surface area (Å²) in [5.74, 6) is 0. The Morgan fingerprint density at radius 2 is 2.15 bits per heavy atom. The lowest BCUT2D eigenvalue weighted by Gasteiger charge is -2.49. The van der Waals surface area contributed by atoms with Gasteiger partial charge >= 0.3 is 0 Å². The minimum Gasteiger partial charge on any atom is -0.473 e. The third kappa shape index (κ3) is 1.58. The van der Waals surface area contributed by atoms with E-state index in [4.69, 9.17) is 23.7 Å². The zero-order chi connectivity index (χ0) is 13.7. The van der Waals surface area contributed by atoms with Crippen LogP contribution in [0.5, 0.6) is 0 Å². The van der Waals surface area contributed by atoms with E-state index in [1.165, 1.54) is 12.8 Å². The van der Waals surface area contributed by atoms with Gasteiger partial charge in [0.1, 0.15) is 18.0 Å². The van der Waals surface area contributed by atoms with Crippen molar-refractivity contribution in [3.8, 4) is 0 Å². The number of hydrogen-bond acceptors (Lipinski definition) is 5. The van der Waals surface area contributed by atoms with Crippen molar-refractivity contribution in [2.24, 2.45) is 5.41 Å². The summed E-state index contributed by atoms with van der Waals surface area (Å²) in [5.41, 5.74) is -0.455. The number of methoxy groups -OCH3 is 1. The molecule has 2 bridgehead atoms. The maximum absolute atomic E-state index is 6.25. The highest BCUT2D eigenvalue weighted by Gasteiger charge is 2.74. The molecular formula is C15H22O5. The van der Waals surface area contributed by atoms with Crippen molar-refractivity contribution in [3.05, 3.63) is 12.3 Å². The normalized spacial score (nSPS) is 48.8. The van der Waals surface area contributed by atoms with Gasteiger partial charge in [0, 0.05) is 18.9 Å². The molecule has 1 saturated carbocycles. The summed E-state index contributed by atoms with van der Waals surface area (Å²) in [6.07, 6.45) is 9.32. The Balaban J connectivity index is 1.65. The van der Waals surface area contributed by atoms with Gasteiger partial charge in [-0.15, -0.1) is 0 Å². The van der Waals surface area contributed by atoms with Gasteiger partial charge in [0.05, 0.1) is 19.5 Å². The molecule has 20 heavy (non-hydrogen) atoms. The predicted octanol–water partition coefficient (Wildman–Crippen LogP) is 1.97. The van der Waals surface area contributed by atoms with E-state index in [0.717, 1.165) is 25.9 Å². The molecule has 1 spiro atoms. The van der Waals surface area contributed by atoms with Crippen molar-refractivity contribution in [1.29, 1.82) is 0 Å². The molecule has 3 fully saturated rings. The van der Waals surface area contributed by atoms with Gasteiger partial charge in [-0.1, -0.05) is 12.8 Å². The van der Waals surface area contributed by atoms with Crippen LogP contribution in [0.2, 0.25) is 0 Å². The highest BCUT2D eigenvalue weighted by molar-refractivity contribution is 5.27. The van der Waals surface area contributed by atoms with E-state index >= 15 is 0 Å². The number of hydrogen-bond donors (Lipinski definition) is 0. The molecule has 5 heteroatoms. The van der Waals surface area contributed by atoms with E-state index in [0.29, 0.717) is 13.4 Å². The fraction of sp³-hybridized carbons (Fsp3) is 0.867. The van der Waals surface area contributed by atoms with Crippen molar-refractivity contribution in [2.75, 3.05) is 27.1 Å². The van der Waals surface area contributed by atoms with Crippen LogP contribution in [0.4, 0.5) is 0 Å². The average Bonchev–Trinajstić information content (AvgIpc) is 3.19. The predicted molar refractivity (Wildman–Crippen MR) is 69.9 cm³/mol. The zero-order valence-corrected chi connectivity index (χ0v) is 11.9. The molecule has 2 saturated heterocycles. The van der Waals surface area contributed by atoms with Crippen LogP contribution >= 0.6 is 0 Å². The van der Waals surface area contributed by atoms with Crippen LogP contribution < -0.4 is 0 Å². The van der Waals surface area contributed by atoms with Crippen LogP contribution in [-0.2, 0) is 23.7 Å². The molecule has 0 N–H and O–H groups in total. The summed E-state index contributed by atoms with van der Waals surface area (Å²) < 4.78 is 28.4. The smallest absolute Gasteiger partial charge is 0.200 e. The van der Waals surface area contributed by atoms with E-state index in [2.05, 4.69) is 6.08 Å². The molecule has 0 amide bonds. The molecule has 0 radical (unpaired) electrons. The number of epoxide rings is 1. The summed E-state index contributed by atoms with van der Waals surface area (Å²) in [4.78, 5) is 0. The van der Waals surface area contributed by atoms with Gasteiger partial charge in [-0.3, -0.25) is 0 Å². The summed E-state index contributed by atoms with van der Waals surface area (Å²) in [5, 5.41) is 0. The van der Waals surface area contributed by atoms with Crippen molar-refractivity contribution >= 4 is 0 Å². The fourth-order valence-electron chi connectivity index (χ4n) is 4.54. The van der Waals surface area contributed by atoms with Crippen LogP contribution in [0.1, 0.15) is 32.1 Å². The SMILES string of the molecule is COCOCC1(C23CCCC[C@@]24C=CO[C@@H](C3)O4)CO1. The molecule has 4 rings (SSSR count). The van der Waals surface area contributed by atoms with Crippen LogP contribution in [0.3, 0.4) is 0 Å². The summed E-state index contributed by atoms with van der Waals surface area (Å²) in [6, 6.07) is 0. The Hall–Kier alpha value is -0.620. The Bertz CT molecular complexity index is 418. The maximum atomic E-state index is 6.25. The minimum absolute atomic E-state index is 0.0103. The van der Waals surface area contributed by atoms with E-state index in [1.807, 2.05) is 6.26 Å². The van der Waals surface area contributed by atoms with Crippen LogP contribution in [0.15, 0.2) is 12.3 Å². The van der Waals surface area contributed by atoms with Gasteiger partial charge in [0.25, 0.3) is 0 Å². The second-order valence-electron chi connectivity index (χ2n) is 6.41. The Morgan fingerprint density at radius 1 is 1.30 bits per heavy atom. The first kappa shape index (κ1) is 13.1. The van der Waals surface area contributed by atoms with E-state index < -0.39 is 0 Å². The Kier molecular flexibility index (Phi) is 2.90. The van der Waals surface area contributed by atoms with Crippen molar-refractivity contribution in [2.45, 2.75) is 49.6 Å². The summed E-state index contributed by atoms with van der Waals surface area (Å²) in [7, 11) is 1.64. The van der Waals surface area contributed by atoms with Crippen molar-refractivity contribution in [1.82, 2.24) is 0 Å². The lowest BCUT2D eigenvalue weighted by Crippen LogP contribution is -2.56. The molecule has 112 valence electrons. The fourth-order valence-corrected chi connectivity index (χ4v) is 4.54. The average molecular weight is 282 g/mol. The van der Waals surface area contributed by atoms with E-state index in [-0.39, 0.29) is 22.9 Å². The van der Waals surface area contributed by atoms with Crippen LogP contribution in [0.25, 0.3) is 0 Å². The lowest BCUT2D eigenvalue weighted by molar-refractivity contribution is -0.176. The first-order chi connectivity index (χ1) is 9.76. The van der Waals surface area contributed by atoms with Gasteiger partial charge < -0.3 is 23.7 Å².